The van der Waals surface area contributed by atoms with Gasteiger partial charge in [0.05, 0.1) is 18.3 Å². The number of benzene rings is 2. The molecule has 190 valence electrons. The summed E-state index contributed by atoms with van der Waals surface area (Å²) in [5.41, 5.74) is 2.17. The Morgan fingerprint density at radius 3 is 2.51 bits per heavy atom. The molecule has 6 heteroatoms. The van der Waals surface area contributed by atoms with Crippen LogP contribution in [0.2, 0.25) is 0 Å². The number of carbonyl (C=O) groups is 2. The summed E-state index contributed by atoms with van der Waals surface area (Å²) in [6.07, 6.45) is 7.82. The molecule has 2 aromatic carbocycles. The Kier molecular flexibility index (Phi) is 13.8. The molecule has 2 aromatic rings. The van der Waals surface area contributed by atoms with Crippen LogP contribution in [0, 0.1) is 12.7 Å². The minimum Gasteiger partial charge on any atom is -0.493 e. The second-order valence-corrected chi connectivity index (χ2v) is 8.08. The van der Waals surface area contributed by atoms with Crippen LogP contribution >= 0.6 is 0 Å². The van der Waals surface area contributed by atoms with Crippen molar-refractivity contribution in [3.05, 3.63) is 83.7 Å². The molecule has 1 atom stereocenters. The van der Waals surface area contributed by atoms with Crippen molar-refractivity contribution in [2.24, 2.45) is 0 Å². The predicted molar refractivity (Wildman–Crippen MR) is 138 cm³/mol. The van der Waals surface area contributed by atoms with Crippen molar-refractivity contribution >= 4 is 11.8 Å². The summed E-state index contributed by atoms with van der Waals surface area (Å²) in [6.45, 7) is 11.9. The minimum atomic E-state index is -0.820. The Balaban J connectivity index is 0.00000111. The van der Waals surface area contributed by atoms with Crippen LogP contribution in [0.25, 0.3) is 0 Å². The van der Waals surface area contributed by atoms with Crippen molar-refractivity contribution < 1.29 is 28.6 Å². The Bertz CT molecular complexity index is 997. The van der Waals surface area contributed by atoms with Crippen LogP contribution in [0.4, 0.5) is 4.39 Å². The van der Waals surface area contributed by atoms with Crippen LogP contribution in [-0.4, -0.2) is 29.6 Å². The molecule has 0 amide bonds. The highest BCUT2D eigenvalue weighted by molar-refractivity contribution is 5.99. The number of hydrogen-bond donors (Lipinski definition) is 1. The number of aliphatic carboxylic acids is 1. The molecule has 0 heterocycles. The summed E-state index contributed by atoms with van der Waals surface area (Å²) in [5, 5.41) is 8.80. The fourth-order valence-electron chi connectivity index (χ4n) is 3.20. The standard InChI is InChI=1S/C24H27FO5.C5H10/c1-4-5-22(26)21-15-19(25)8-10-23(21)30-17(3)12-13-29-20-9-6-18(16(2)14-20)7-11-24(27)28;1-3-5-4-2/h4,6,8-10,14-15,17H,1,5,7,11-13H2,2-3H3,(H,27,28);3,5H,4H2,1-2H3/b;5-3-. The Hall–Kier alpha value is -3.41. The van der Waals surface area contributed by atoms with Crippen LogP contribution in [0.15, 0.2) is 61.2 Å². The van der Waals surface area contributed by atoms with Gasteiger partial charge in [-0.05, 0) is 75.1 Å². The van der Waals surface area contributed by atoms with E-state index in [2.05, 4.69) is 25.7 Å². The third-order valence-electron chi connectivity index (χ3n) is 5.09. The first-order valence-corrected chi connectivity index (χ1v) is 11.9. The number of ether oxygens (including phenoxy) is 2. The molecule has 0 aliphatic heterocycles. The third kappa shape index (κ3) is 11.5. The molecule has 0 spiro atoms. The quantitative estimate of drug-likeness (QED) is 0.242. The summed E-state index contributed by atoms with van der Waals surface area (Å²) < 4.78 is 25.2. The third-order valence-corrected chi connectivity index (χ3v) is 5.09. The zero-order valence-electron chi connectivity index (χ0n) is 21.2. The van der Waals surface area contributed by atoms with Crippen molar-refractivity contribution in [2.45, 2.75) is 65.9 Å². The summed E-state index contributed by atoms with van der Waals surface area (Å²) in [7, 11) is 0. The van der Waals surface area contributed by atoms with Gasteiger partial charge in [-0.15, -0.1) is 6.58 Å². The van der Waals surface area contributed by atoms with Crippen molar-refractivity contribution in [1.82, 2.24) is 0 Å². The SMILES string of the molecule is C/C=C\CC.C=CCC(=O)c1cc(F)ccc1OC(C)CCOc1ccc(CCC(=O)O)c(C)c1. The van der Waals surface area contributed by atoms with Crippen molar-refractivity contribution in [3.63, 3.8) is 0 Å². The van der Waals surface area contributed by atoms with Gasteiger partial charge in [-0.3, -0.25) is 9.59 Å². The highest BCUT2D eigenvalue weighted by Crippen LogP contribution is 2.24. The monoisotopic (exact) mass is 484 g/mol. The smallest absolute Gasteiger partial charge is 0.303 e. The first-order valence-electron chi connectivity index (χ1n) is 11.9. The Morgan fingerprint density at radius 2 is 1.94 bits per heavy atom. The highest BCUT2D eigenvalue weighted by Gasteiger charge is 2.15. The van der Waals surface area contributed by atoms with E-state index in [0.717, 1.165) is 17.5 Å². The van der Waals surface area contributed by atoms with Crippen molar-refractivity contribution in [1.29, 1.82) is 0 Å². The van der Waals surface area contributed by atoms with E-state index in [1.54, 1.807) is 0 Å². The first-order chi connectivity index (χ1) is 16.7. The lowest BCUT2D eigenvalue weighted by Crippen LogP contribution is -2.17. The average molecular weight is 485 g/mol. The number of rotatable bonds is 13. The highest BCUT2D eigenvalue weighted by atomic mass is 19.1. The number of Topliss-reactive ketones (excluding diaryl/α,β-unsaturated/α-hetero) is 1. The molecule has 0 aliphatic carbocycles. The van der Waals surface area contributed by atoms with E-state index in [0.29, 0.717) is 30.9 Å². The maximum atomic E-state index is 13.5. The van der Waals surface area contributed by atoms with Crippen LogP contribution in [0.1, 0.15) is 67.9 Å². The molecule has 0 fully saturated rings. The molecule has 2 rings (SSSR count). The number of carboxylic acids is 1. The predicted octanol–water partition coefficient (Wildman–Crippen LogP) is 7.12. The van der Waals surface area contributed by atoms with Gasteiger partial charge in [-0.1, -0.05) is 31.2 Å². The van der Waals surface area contributed by atoms with Gasteiger partial charge in [0.2, 0.25) is 0 Å². The van der Waals surface area contributed by atoms with E-state index in [9.17, 15) is 14.0 Å². The van der Waals surface area contributed by atoms with Gasteiger partial charge in [-0.25, -0.2) is 4.39 Å². The second-order valence-electron chi connectivity index (χ2n) is 8.08. The van der Waals surface area contributed by atoms with Crippen molar-refractivity contribution in [2.75, 3.05) is 6.61 Å². The van der Waals surface area contributed by atoms with E-state index in [1.165, 1.54) is 24.3 Å². The number of allylic oxidation sites excluding steroid dienone is 3. The molecule has 5 nitrogen and oxygen atoms in total. The molecule has 35 heavy (non-hydrogen) atoms. The fourth-order valence-corrected chi connectivity index (χ4v) is 3.20. The largest absolute Gasteiger partial charge is 0.493 e. The Morgan fingerprint density at radius 1 is 1.20 bits per heavy atom. The van der Waals surface area contributed by atoms with Crippen LogP contribution in [0.3, 0.4) is 0 Å². The summed E-state index contributed by atoms with van der Waals surface area (Å²) in [4.78, 5) is 22.9. The first kappa shape index (κ1) is 29.6. The summed E-state index contributed by atoms with van der Waals surface area (Å²) >= 11 is 0. The molecule has 0 saturated heterocycles. The number of ketones is 1. The molecule has 0 aliphatic rings. The number of halogens is 1. The summed E-state index contributed by atoms with van der Waals surface area (Å²) in [5.74, 6) is -0.523. The average Bonchev–Trinajstić information content (AvgIpc) is 2.80. The van der Waals surface area contributed by atoms with Gasteiger partial charge >= 0.3 is 5.97 Å². The lowest BCUT2D eigenvalue weighted by molar-refractivity contribution is -0.136. The lowest BCUT2D eigenvalue weighted by atomic mass is 10.0. The number of hydrogen-bond acceptors (Lipinski definition) is 4. The molecule has 0 saturated carbocycles. The topological polar surface area (TPSA) is 72.8 Å². The van der Waals surface area contributed by atoms with Gasteiger partial charge in [-0.2, -0.15) is 0 Å². The molecule has 0 aromatic heterocycles. The fraction of sp³-hybridized carbons (Fsp3) is 0.379. The van der Waals surface area contributed by atoms with Gasteiger partial charge in [0, 0.05) is 19.3 Å². The molecule has 1 unspecified atom stereocenters. The van der Waals surface area contributed by atoms with Gasteiger partial charge in [0.25, 0.3) is 0 Å². The second kappa shape index (κ2) is 16.3. The zero-order valence-corrected chi connectivity index (χ0v) is 21.2. The molecule has 1 N–H and O–H groups in total. The Labute approximate surface area is 208 Å². The van der Waals surface area contributed by atoms with Crippen molar-refractivity contribution in [3.8, 4) is 11.5 Å². The number of carbonyl (C=O) groups excluding carboxylic acids is 1. The number of aryl methyl sites for hydroxylation is 2. The zero-order chi connectivity index (χ0) is 26.2. The molecule has 0 bridgehead atoms. The lowest BCUT2D eigenvalue weighted by Gasteiger charge is -2.18. The van der Waals surface area contributed by atoms with E-state index >= 15 is 0 Å². The van der Waals surface area contributed by atoms with E-state index in [-0.39, 0.29) is 30.3 Å². The normalized spacial score (nSPS) is 11.3. The van der Waals surface area contributed by atoms with Crippen LogP contribution in [-0.2, 0) is 11.2 Å². The number of carboxylic acid groups (broad SMARTS) is 1. The van der Waals surface area contributed by atoms with Gasteiger partial charge < -0.3 is 14.6 Å². The van der Waals surface area contributed by atoms with Crippen LogP contribution < -0.4 is 9.47 Å². The van der Waals surface area contributed by atoms with E-state index < -0.39 is 11.8 Å². The van der Waals surface area contributed by atoms with E-state index in [1.807, 2.05) is 39.0 Å². The van der Waals surface area contributed by atoms with Gasteiger partial charge in [0.1, 0.15) is 17.3 Å². The minimum absolute atomic E-state index is 0.0938. The maximum Gasteiger partial charge on any atom is 0.303 e. The van der Waals surface area contributed by atoms with E-state index in [4.69, 9.17) is 14.6 Å². The maximum absolute atomic E-state index is 13.5. The molecular weight excluding hydrogens is 447 g/mol. The van der Waals surface area contributed by atoms with Crippen LogP contribution in [0.5, 0.6) is 11.5 Å². The van der Waals surface area contributed by atoms with Gasteiger partial charge in [0.15, 0.2) is 5.78 Å². The summed E-state index contributed by atoms with van der Waals surface area (Å²) in [6, 6.07) is 9.49. The molecular formula is C29H37FO5. The molecule has 0 radical (unpaired) electrons.